The Bertz CT molecular complexity index is 365. The topological polar surface area (TPSA) is 28.2 Å². The van der Waals surface area contributed by atoms with Crippen LogP contribution in [0.1, 0.15) is 56.0 Å². The van der Waals surface area contributed by atoms with Gasteiger partial charge in [-0.3, -0.25) is 0 Å². The van der Waals surface area contributed by atoms with Crippen molar-refractivity contribution in [1.29, 1.82) is 0 Å². The predicted molar refractivity (Wildman–Crippen MR) is 79.6 cm³/mol. The van der Waals surface area contributed by atoms with E-state index in [0.29, 0.717) is 5.92 Å². The molecule has 0 radical (unpaired) electrons. The van der Waals surface area contributed by atoms with Crippen LogP contribution in [0.15, 0.2) is 0 Å². The van der Waals surface area contributed by atoms with E-state index in [1.54, 1.807) is 0 Å². The molecule has 0 atom stereocenters. The van der Waals surface area contributed by atoms with E-state index < -0.39 is 0 Å². The average Bonchev–Trinajstić information content (AvgIpc) is 2.59. The molecule has 0 aromatic carbocycles. The van der Waals surface area contributed by atoms with Crippen LogP contribution in [-0.4, -0.2) is 25.1 Å². The summed E-state index contributed by atoms with van der Waals surface area (Å²) < 4.78 is 0. The van der Waals surface area contributed by atoms with Crippen LogP contribution < -0.4 is 10.2 Å². The SMILES string of the molecule is CNCc1sc(N2CCCCCC2)nc1C(C)C. The van der Waals surface area contributed by atoms with Crippen molar-refractivity contribution in [3.8, 4) is 0 Å². The smallest absolute Gasteiger partial charge is 0.185 e. The van der Waals surface area contributed by atoms with E-state index in [0.717, 1.165) is 6.54 Å². The minimum absolute atomic E-state index is 0.519. The van der Waals surface area contributed by atoms with Crippen molar-refractivity contribution in [3.05, 3.63) is 10.6 Å². The summed E-state index contributed by atoms with van der Waals surface area (Å²) in [6.45, 7) is 7.79. The van der Waals surface area contributed by atoms with Gasteiger partial charge >= 0.3 is 0 Å². The molecule has 2 rings (SSSR count). The normalized spacial score (nSPS) is 17.2. The van der Waals surface area contributed by atoms with Crippen LogP contribution in [0.25, 0.3) is 0 Å². The molecule has 0 spiro atoms. The molecule has 2 heterocycles. The van der Waals surface area contributed by atoms with Gasteiger partial charge in [0.15, 0.2) is 5.13 Å². The monoisotopic (exact) mass is 267 g/mol. The van der Waals surface area contributed by atoms with E-state index in [1.807, 2.05) is 18.4 Å². The van der Waals surface area contributed by atoms with Crippen molar-refractivity contribution in [2.24, 2.45) is 0 Å². The summed E-state index contributed by atoms with van der Waals surface area (Å²) in [5.74, 6) is 0.519. The molecule has 102 valence electrons. The molecule has 0 aliphatic carbocycles. The maximum absolute atomic E-state index is 4.90. The minimum Gasteiger partial charge on any atom is -0.348 e. The number of nitrogens with one attached hydrogen (secondary N) is 1. The average molecular weight is 267 g/mol. The molecule has 0 bridgehead atoms. The Morgan fingerprint density at radius 2 is 1.89 bits per heavy atom. The highest BCUT2D eigenvalue weighted by atomic mass is 32.1. The fourth-order valence-electron chi connectivity index (χ4n) is 2.49. The highest BCUT2D eigenvalue weighted by molar-refractivity contribution is 7.15. The Morgan fingerprint density at radius 3 is 2.44 bits per heavy atom. The van der Waals surface area contributed by atoms with E-state index in [4.69, 9.17) is 4.98 Å². The molecule has 4 heteroatoms. The van der Waals surface area contributed by atoms with Gasteiger partial charge in [-0.1, -0.05) is 26.7 Å². The predicted octanol–water partition coefficient (Wildman–Crippen LogP) is 3.37. The lowest BCUT2D eigenvalue weighted by Crippen LogP contribution is -2.23. The summed E-state index contributed by atoms with van der Waals surface area (Å²) in [5.41, 5.74) is 1.29. The molecular formula is C14H25N3S. The Kier molecular flexibility index (Phi) is 5.01. The summed E-state index contributed by atoms with van der Waals surface area (Å²) in [7, 11) is 2.01. The van der Waals surface area contributed by atoms with E-state index in [2.05, 4.69) is 24.1 Å². The number of hydrogen-bond acceptors (Lipinski definition) is 4. The Labute approximate surface area is 115 Å². The van der Waals surface area contributed by atoms with Gasteiger partial charge in [0.05, 0.1) is 5.69 Å². The van der Waals surface area contributed by atoms with Crippen LogP contribution in [-0.2, 0) is 6.54 Å². The van der Waals surface area contributed by atoms with Crippen LogP contribution in [0.2, 0.25) is 0 Å². The molecule has 1 aromatic heterocycles. The van der Waals surface area contributed by atoms with Crippen molar-refractivity contribution >= 4 is 16.5 Å². The molecule has 1 fully saturated rings. The van der Waals surface area contributed by atoms with Gasteiger partial charge in [-0.2, -0.15) is 0 Å². The van der Waals surface area contributed by atoms with Gasteiger partial charge in [0.2, 0.25) is 0 Å². The standard InChI is InChI=1S/C14H25N3S/c1-11(2)13-12(10-15-3)18-14(16-13)17-8-6-4-5-7-9-17/h11,15H,4-10H2,1-3H3. The fraction of sp³-hybridized carbons (Fsp3) is 0.786. The third kappa shape index (κ3) is 3.23. The first-order valence-corrected chi connectivity index (χ1v) is 7.93. The number of thiazole rings is 1. The second-order valence-electron chi connectivity index (χ2n) is 5.39. The van der Waals surface area contributed by atoms with Crippen molar-refractivity contribution in [2.45, 2.75) is 52.0 Å². The van der Waals surface area contributed by atoms with E-state index >= 15 is 0 Å². The van der Waals surface area contributed by atoms with E-state index in [-0.39, 0.29) is 0 Å². The summed E-state index contributed by atoms with van der Waals surface area (Å²) >= 11 is 1.88. The quantitative estimate of drug-likeness (QED) is 0.906. The zero-order valence-electron chi connectivity index (χ0n) is 11.8. The molecule has 1 saturated heterocycles. The van der Waals surface area contributed by atoms with Crippen LogP contribution >= 0.6 is 11.3 Å². The Balaban J connectivity index is 2.18. The van der Waals surface area contributed by atoms with Gasteiger partial charge in [-0.15, -0.1) is 11.3 Å². The van der Waals surface area contributed by atoms with Crippen LogP contribution in [0.5, 0.6) is 0 Å². The summed E-state index contributed by atoms with van der Waals surface area (Å²) in [6.07, 6.45) is 5.39. The Hall–Kier alpha value is -0.610. The highest BCUT2D eigenvalue weighted by Crippen LogP contribution is 2.31. The Morgan fingerprint density at radius 1 is 1.22 bits per heavy atom. The van der Waals surface area contributed by atoms with Crippen molar-refractivity contribution in [2.75, 3.05) is 25.0 Å². The van der Waals surface area contributed by atoms with Crippen molar-refractivity contribution in [3.63, 3.8) is 0 Å². The lowest BCUT2D eigenvalue weighted by atomic mass is 10.1. The number of anilines is 1. The lowest BCUT2D eigenvalue weighted by molar-refractivity contribution is 0.726. The third-order valence-electron chi connectivity index (χ3n) is 3.48. The number of nitrogens with zero attached hydrogens (tertiary/aromatic N) is 2. The number of aromatic nitrogens is 1. The zero-order chi connectivity index (χ0) is 13.0. The molecular weight excluding hydrogens is 242 g/mol. The van der Waals surface area contributed by atoms with Gasteiger partial charge < -0.3 is 10.2 Å². The van der Waals surface area contributed by atoms with Crippen LogP contribution in [0.4, 0.5) is 5.13 Å². The number of rotatable bonds is 4. The fourth-order valence-corrected chi connectivity index (χ4v) is 3.76. The third-order valence-corrected chi connectivity index (χ3v) is 4.61. The molecule has 18 heavy (non-hydrogen) atoms. The summed E-state index contributed by atoms with van der Waals surface area (Å²) in [6, 6.07) is 0. The molecule has 0 amide bonds. The first-order chi connectivity index (χ1) is 8.72. The molecule has 1 aliphatic rings. The van der Waals surface area contributed by atoms with Crippen molar-refractivity contribution < 1.29 is 0 Å². The second-order valence-corrected chi connectivity index (χ2v) is 6.45. The molecule has 3 nitrogen and oxygen atoms in total. The van der Waals surface area contributed by atoms with Crippen molar-refractivity contribution in [1.82, 2.24) is 10.3 Å². The molecule has 1 aromatic rings. The summed E-state index contributed by atoms with van der Waals surface area (Å²) in [4.78, 5) is 8.80. The van der Waals surface area contributed by atoms with Gasteiger partial charge in [0, 0.05) is 24.5 Å². The van der Waals surface area contributed by atoms with E-state index in [9.17, 15) is 0 Å². The zero-order valence-corrected chi connectivity index (χ0v) is 12.6. The highest BCUT2D eigenvalue weighted by Gasteiger charge is 2.18. The van der Waals surface area contributed by atoms with Gasteiger partial charge in [-0.05, 0) is 25.8 Å². The first kappa shape index (κ1) is 13.8. The molecule has 0 unspecified atom stereocenters. The largest absolute Gasteiger partial charge is 0.348 e. The second kappa shape index (κ2) is 6.53. The van der Waals surface area contributed by atoms with Gasteiger partial charge in [0.25, 0.3) is 0 Å². The van der Waals surface area contributed by atoms with Gasteiger partial charge in [-0.25, -0.2) is 4.98 Å². The molecule has 1 aliphatic heterocycles. The molecule has 0 saturated carbocycles. The van der Waals surface area contributed by atoms with Crippen LogP contribution in [0, 0.1) is 0 Å². The maximum Gasteiger partial charge on any atom is 0.185 e. The maximum atomic E-state index is 4.90. The summed E-state index contributed by atoms with van der Waals surface area (Å²) in [5, 5.41) is 4.50. The lowest BCUT2D eigenvalue weighted by Gasteiger charge is -2.18. The van der Waals surface area contributed by atoms with Crippen LogP contribution in [0.3, 0.4) is 0 Å². The molecule has 1 N–H and O–H groups in total. The first-order valence-electron chi connectivity index (χ1n) is 7.11. The number of hydrogen-bond donors (Lipinski definition) is 1. The minimum atomic E-state index is 0.519. The van der Waals surface area contributed by atoms with Gasteiger partial charge in [0.1, 0.15) is 0 Å². The van der Waals surface area contributed by atoms with E-state index in [1.165, 1.54) is 54.5 Å².